The fourth-order valence-corrected chi connectivity index (χ4v) is 1.25. The van der Waals surface area contributed by atoms with E-state index in [1.165, 1.54) is 0 Å². The molecule has 0 unspecified atom stereocenters. The third-order valence-corrected chi connectivity index (χ3v) is 2.00. The molecular formula is C12H17NO3. The van der Waals surface area contributed by atoms with Crippen LogP contribution < -0.4 is 0 Å². The molecule has 0 bridgehead atoms. The third-order valence-electron chi connectivity index (χ3n) is 2.00. The van der Waals surface area contributed by atoms with E-state index in [1.54, 1.807) is 6.92 Å². The average molecular weight is 223 g/mol. The molecule has 4 heteroatoms. The normalized spacial score (nSPS) is 10.1. The van der Waals surface area contributed by atoms with E-state index in [0.29, 0.717) is 13.2 Å². The predicted molar refractivity (Wildman–Crippen MR) is 59.9 cm³/mol. The first kappa shape index (κ1) is 12.6. The van der Waals surface area contributed by atoms with Crippen LogP contribution in [-0.4, -0.2) is 24.2 Å². The molecule has 0 aromatic carbocycles. The van der Waals surface area contributed by atoms with Crippen molar-refractivity contribution in [1.82, 2.24) is 4.98 Å². The molecule has 0 saturated heterocycles. The number of carbonyl (C=O) groups excluding carboxylic acids is 1. The van der Waals surface area contributed by atoms with E-state index in [-0.39, 0.29) is 12.6 Å². The molecule has 1 rings (SSSR count). The van der Waals surface area contributed by atoms with E-state index >= 15 is 0 Å². The van der Waals surface area contributed by atoms with Crippen LogP contribution in [0.15, 0.2) is 18.2 Å². The van der Waals surface area contributed by atoms with Gasteiger partial charge in [-0.1, -0.05) is 13.0 Å². The van der Waals surface area contributed by atoms with Gasteiger partial charge in [-0.3, -0.25) is 4.98 Å². The highest BCUT2D eigenvalue weighted by Gasteiger charge is 2.02. The Bertz CT molecular complexity index is 339. The number of nitrogens with zero attached hydrogens (tertiary/aromatic N) is 1. The molecule has 0 fully saturated rings. The standard InChI is InChI=1S/C12H17NO3/c1-3-10-6-5-7-11(13-10)8-15-9-12(14)16-4-2/h5-7H,3-4,8-9H2,1-2H3. The van der Waals surface area contributed by atoms with Crippen molar-refractivity contribution >= 4 is 5.97 Å². The van der Waals surface area contributed by atoms with Crippen molar-refractivity contribution in [3.05, 3.63) is 29.6 Å². The Balaban J connectivity index is 2.34. The topological polar surface area (TPSA) is 48.4 Å². The molecule has 0 amide bonds. The van der Waals surface area contributed by atoms with Gasteiger partial charge in [0.05, 0.1) is 18.9 Å². The van der Waals surface area contributed by atoms with Gasteiger partial charge in [0.2, 0.25) is 0 Å². The molecule has 1 aromatic heterocycles. The largest absolute Gasteiger partial charge is 0.464 e. The Labute approximate surface area is 95.6 Å². The Morgan fingerprint density at radius 3 is 2.75 bits per heavy atom. The van der Waals surface area contributed by atoms with E-state index in [0.717, 1.165) is 17.8 Å². The molecule has 0 saturated carbocycles. The summed E-state index contributed by atoms with van der Waals surface area (Å²) >= 11 is 0. The van der Waals surface area contributed by atoms with Crippen LogP contribution >= 0.6 is 0 Å². The van der Waals surface area contributed by atoms with Gasteiger partial charge < -0.3 is 9.47 Å². The SMILES string of the molecule is CCOC(=O)COCc1cccc(CC)n1. The molecule has 16 heavy (non-hydrogen) atoms. The molecule has 4 nitrogen and oxygen atoms in total. The lowest BCUT2D eigenvalue weighted by atomic mass is 10.2. The summed E-state index contributed by atoms with van der Waals surface area (Å²) in [6.45, 7) is 4.51. The maximum Gasteiger partial charge on any atom is 0.332 e. The van der Waals surface area contributed by atoms with Crippen molar-refractivity contribution in [2.45, 2.75) is 26.9 Å². The first-order chi connectivity index (χ1) is 7.76. The number of esters is 1. The summed E-state index contributed by atoms with van der Waals surface area (Å²) in [7, 11) is 0. The van der Waals surface area contributed by atoms with Crippen molar-refractivity contribution in [3.63, 3.8) is 0 Å². The highest BCUT2D eigenvalue weighted by molar-refractivity contribution is 5.70. The molecule has 0 radical (unpaired) electrons. The molecule has 0 aliphatic carbocycles. The molecule has 0 aliphatic heterocycles. The second-order valence-corrected chi connectivity index (χ2v) is 3.27. The zero-order valence-corrected chi connectivity index (χ0v) is 9.73. The van der Waals surface area contributed by atoms with Crippen molar-refractivity contribution in [1.29, 1.82) is 0 Å². The molecule has 0 N–H and O–H groups in total. The lowest BCUT2D eigenvalue weighted by Gasteiger charge is -2.04. The lowest BCUT2D eigenvalue weighted by molar-refractivity contribution is -0.148. The molecule has 1 heterocycles. The maximum absolute atomic E-state index is 11.0. The molecule has 1 aromatic rings. The molecule has 0 spiro atoms. The van der Waals surface area contributed by atoms with Crippen LogP contribution in [0.1, 0.15) is 25.2 Å². The summed E-state index contributed by atoms with van der Waals surface area (Å²) in [5.74, 6) is -0.339. The Kier molecular flexibility index (Phi) is 5.50. The Morgan fingerprint density at radius 2 is 2.06 bits per heavy atom. The van der Waals surface area contributed by atoms with Crippen LogP contribution in [0.2, 0.25) is 0 Å². The number of pyridine rings is 1. The molecule has 88 valence electrons. The Morgan fingerprint density at radius 1 is 1.31 bits per heavy atom. The maximum atomic E-state index is 11.0. The first-order valence-electron chi connectivity index (χ1n) is 5.44. The second-order valence-electron chi connectivity index (χ2n) is 3.27. The summed E-state index contributed by atoms with van der Waals surface area (Å²) in [6, 6.07) is 5.79. The monoisotopic (exact) mass is 223 g/mol. The summed E-state index contributed by atoms with van der Waals surface area (Å²) in [6.07, 6.45) is 0.895. The van der Waals surface area contributed by atoms with E-state index in [9.17, 15) is 4.79 Å². The number of hydrogen-bond donors (Lipinski definition) is 0. The summed E-state index contributed by atoms with van der Waals surface area (Å²) < 4.78 is 9.94. The van der Waals surface area contributed by atoms with Crippen molar-refractivity contribution in [2.24, 2.45) is 0 Å². The number of aromatic nitrogens is 1. The highest BCUT2D eigenvalue weighted by Crippen LogP contribution is 2.01. The van der Waals surface area contributed by atoms with Gasteiger partial charge in [-0.25, -0.2) is 4.79 Å². The van der Waals surface area contributed by atoms with Gasteiger partial charge in [0.25, 0.3) is 0 Å². The minimum atomic E-state index is -0.339. The zero-order valence-electron chi connectivity index (χ0n) is 9.73. The van der Waals surface area contributed by atoms with Gasteiger partial charge in [-0.15, -0.1) is 0 Å². The van der Waals surface area contributed by atoms with Crippen LogP contribution in [0.25, 0.3) is 0 Å². The summed E-state index contributed by atoms with van der Waals surface area (Å²) in [4.78, 5) is 15.3. The van der Waals surface area contributed by atoms with E-state index in [2.05, 4.69) is 4.98 Å². The zero-order chi connectivity index (χ0) is 11.8. The second kappa shape index (κ2) is 6.95. The number of hydrogen-bond acceptors (Lipinski definition) is 4. The van der Waals surface area contributed by atoms with Crippen molar-refractivity contribution in [2.75, 3.05) is 13.2 Å². The third kappa shape index (κ3) is 4.40. The molecule has 0 aliphatic rings. The van der Waals surface area contributed by atoms with Crippen LogP contribution in [0.5, 0.6) is 0 Å². The fourth-order valence-electron chi connectivity index (χ4n) is 1.25. The van der Waals surface area contributed by atoms with Gasteiger partial charge in [0.1, 0.15) is 6.61 Å². The number of ether oxygens (including phenoxy) is 2. The summed E-state index contributed by atoms with van der Waals surface area (Å²) in [5.41, 5.74) is 1.86. The smallest absolute Gasteiger partial charge is 0.332 e. The van der Waals surface area contributed by atoms with Gasteiger partial charge in [0, 0.05) is 5.69 Å². The van der Waals surface area contributed by atoms with Gasteiger partial charge in [0.15, 0.2) is 0 Å². The minimum Gasteiger partial charge on any atom is -0.464 e. The van der Waals surface area contributed by atoms with Crippen molar-refractivity contribution < 1.29 is 14.3 Å². The lowest BCUT2D eigenvalue weighted by Crippen LogP contribution is -2.12. The predicted octanol–water partition coefficient (Wildman–Crippen LogP) is 1.72. The molecule has 0 atom stereocenters. The van der Waals surface area contributed by atoms with Crippen molar-refractivity contribution in [3.8, 4) is 0 Å². The Hall–Kier alpha value is -1.42. The fraction of sp³-hybridized carbons (Fsp3) is 0.500. The number of aryl methyl sites for hydroxylation is 1. The highest BCUT2D eigenvalue weighted by atomic mass is 16.6. The van der Waals surface area contributed by atoms with Crippen LogP contribution in [-0.2, 0) is 27.3 Å². The van der Waals surface area contributed by atoms with Gasteiger partial charge >= 0.3 is 5.97 Å². The van der Waals surface area contributed by atoms with Crippen LogP contribution in [0, 0.1) is 0 Å². The number of rotatable bonds is 6. The van der Waals surface area contributed by atoms with Gasteiger partial charge in [-0.05, 0) is 25.5 Å². The van der Waals surface area contributed by atoms with E-state index < -0.39 is 0 Å². The van der Waals surface area contributed by atoms with E-state index in [4.69, 9.17) is 9.47 Å². The van der Waals surface area contributed by atoms with Gasteiger partial charge in [-0.2, -0.15) is 0 Å². The van der Waals surface area contributed by atoms with E-state index in [1.807, 2.05) is 25.1 Å². The first-order valence-corrected chi connectivity index (χ1v) is 5.44. The molecular weight excluding hydrogens is 206 g/mol. The minimum absolute atomic E-state index is 0.0220. The summed E-state index contributed by atoms with van der Waals surface area (Å²) in [5, 5.41) is 0. The quantitative estimate of drug-likeness (QED) is 0.689. The number of carbonyl (C=O) groups is 1. The van der Waals surface area contributed by atoms with Crippen LogP contribution in [0.4, 0.5) is 0 Å². The average Bonchev–Trinajstić information content (AvgIpc) is 2.30. The van der Waals surface area contributed by atoms with Crippen LogP contribution in [0.3, 0.4) is 0 Å².